The molecule has 0 unspecified atom stereocenters. The number of benzene rings is 2. The Morgan fingerprint density at radius 2 is 1.84 bits per heavy atom. The lowest BCUT2D eigenvalue weighted by molar-refractivity contribution is -0.110. The Bertz CT molecular complexity index is 693. The zero-order chi connectivity index (χ0) is 13.4. The van der Waals surface area contributed by atoms with Crippen molar-refractivity contribution >= 4 is 34.6 Å². The summed E-state index contributed by atoms with van der Waals surface area (Å²) in [6, 6.07) is 13.0. The van der Waals surface area contributed by atoms with E-state index in [4.69, 9.17) is 11.6 Å². The van der Waals surface area contributed by atoms with Gasteiger partial charge in [0.1, 0.15) is 5.71 Å². The number of nitrogens with one attached hydrogen (secondary N) is 1. The second-order valence-electron chi connectivity index (χ2n) is 4.36. The van der Waals surface area contributed by atoms with Crippen molar-refractivity contribution in [1.29, 1.82) is 0 Å². The quantitative estimate of drug-likeness (QED) is 0.843. The molecular formula is C15H11ClN2O. The van der Waals surface area contributed by atoms with Gasteiger partial charge in [-0.2, -0.15) is 0 Å². The second kappa shape index (κ2) is 4.52. The molecule has 94 valence electrons. The summed E-state index contributed by atoms with van der Waals surface area (Å²) in [7, 11) is 0. The van der Waals surface area contributed by atoms with Crippen LogP contribution in [0.15, 0.2) is 47.5 Å². The minimum Gasteiger partial charge on any atom is -0.320 e. The summed E-state index contributed by atoms with van der Waals surface area (Å²) in [4.78, 5) is 16.4. The van der Waals surface area contributed by atoms with Gasteiger partial charge in [0.05, 0.1) is 16.4 Å². The summed E-state index contributed by atoms with van der Waals surface area (Å²) in [6.07, 6.45) is 0. The molecule has 0 radical (unpaired) electrons. The number of halogens is 1. The maximum Gasteiger partial charge on any atom is 0.275 e. The van der Waals surface area contributed by atoms with Crippen LogP contribution in [0.2, 0.25) is 5.02 Å². The van der Waals surface area contributed by atoms with Gasteiger partial charge in [-0.15, -0.1) is 0 Å². The van der Waals surface area contributed by atoms with Gasteiger partial charge in [0, 0.05) is 5.56 Å². The highest BCUT2D eigenvalue weighted by Crippen LogP contribution is 2.34. The van der Waals surface area contributed by atoms with E-state index in [9.17, 15) is 4.79 Å². The van der Waals surface area contributed by atoms with E-state index in [2.05, 4.69) is 10.3 Å². The molecule has 0 saturated carbocycles. The van der Waals surface area contributed by atoms with Crippen molar-refractivity contribution in [2.45, 2.75) is 6.92 Å². The number of amides is 1. The first-order chi connectivity index (χ1) is 9.16. The maximum atomic E-state index is 12.0. The summed E-state index contributed by atoms with van der Waals surface area (Å²) in [5.41, 5.74) is 3.53. The summed E-state index contributed by atoms with van der Waals surface area (Å²) in [6.45, 7) is 1.93. The maximum absolute atomic E-state index is 12.0. The second-order valence-corrected chi connectivity index (χ2v) is 4.77. The van der Waals surface area contributed by atoms with Crippen LogP contribution >= 0.6 is 11.6 Å². The van der Waals surface area contributed by atoms with Gasteiger partial charge in [-0.25, -0.2) is 4.99 Å². The normalized spacial score (nSPS) is 15.5. The molecule has 3 rings (SSSR count). The van der Waals surface area contributed by atoms with Gasteiger partial charge in [0.15, 0.2) is 0 Å². The molecule has 4 heteroatoms. The number of aryl methyl sites for hydroxylation is 1. The molecular weight excluding hydrogens is 260 g/mol. The fourth-order valence-electron chi connectivity index (χ4n) is 2.10. The monoisotopic (exact) mass is 270 g/mol. The lowest BCUT2D eigenvalue weighted by Gasteiger charge is -2.04. The first kappa shape index (κ1) is 11.9. The molecule has 0 fully saturated rings. The molecule has 0 spiro atoms. The van der Waals surface area contributed by atoms with Crippen molar-refractivity contribution in [3.8, 4) is 0 Å². The molecule has 1 aliphatic heterocycles. The number of fused-ring (bicyclic) bond motifs is 1. The Balaban J connectivity index is 2.19. The van der Waals surface area contributed by atoms with Crippen LogP contribution in [0, 0.1) is 6.92 Å². The molecule has 0 aromatic heterocycles. The van der Waals surface area contributed by atoms with Gasteiger partial charge in [0.2, 0.25) is 0 Å². The molecule has 0 bridgehead atoms. The molecule has 1 aliphatic rings. The fraction of sp³-hybridized carbons (Fsp3) is 0.0667. The Labute approximate surface area is 115 Å². The Morgan fingerprint density at radius 1 is 1.11 bits per heavy atom. The summed E-state index contributed by atoms with van der Waals surface area (Å²) >= 11 is 6.19. The first-order valence-corrected chi connectivity index (χ1v) is 6.29. The number of para-hydroxylation sites is 1. The number of carbonyl (C=O) groups is 1. The molecule has 1 heterocycles. The molecule has 0 saturated heterocycles. The lowest BCUT2D eigenvalue weighted by Crippen LogP contribution is -2.14. The van der Waals surface area contributed by atoms with Crippen molar-refractivity contribution < 1.29 is 4.79 Å². The largest absolute Gasteiger partial charge is 0.320 e. The fourth-order valence-corrected chi connectivity index (χ4v) is 2.35. The molecule has 2 aromatic rings. The molecule has 19 heavy (non-hydrogen) atoms. The zero-order valence-electron chi connectivity index (χ0n) is 10.3. The standard InChI is InChI=1S/C15H11ClN2O/c1-9-7-8-11(16)12-13(9)18-15(19)14(12)17-10-5-3-2-4-6-10/h2-8H,1H3,(H,17,18,19). The summed E-state index contributed by atoms with van der Waals surface area (Å²) in [5, 5.41) is 3.36. The van der Waals surface area contributed by atoms with Crippen LogP contribution < -0.4 is 5.32 Å². The van der Waals surface area contributed by atoms with Crippen LogP contribution in [-0.2, 0) is 4.79 Å². The third kappa shape index (κ3) is 2.02. The number of carbonyl (C=O) groups excluding carboxylic acids is 1. The van der Waals surface area contributed by atoms with Gasteiger partial charge >= 0.3 is 0 Å². The third-order valence-corrected chi connectivity index (χ3v) is 3.37. The number of nitrogens with zero attached hydrogens (tertiary/aromatic N) is 1. The number of hydrogen-bond acceptors (Lipinski definition) is 2. The van der Waals surface area contributed by atoms with Crippen LogP contribution in [0.4, 0.5) is 11.4 Å². The minimum absolute atomic E-state index is 0.213. The Morgan fingerprint density at radius 3 is 2.58 bits per heavy atom. The molecule has 3 nitrogen and oxygen atoms in total. The highest BCUT2D eigenvalue weighted by Gasteiger charge is 2.29. The van der Waals surface area contributed by atoms with Crippen molar-refractivity contribution in [3.63, 3.8) is 0 Å². The van der Waals surface area contributed by atoms with Gasteiger partial charge in [-0.1, -0.05) is 35.9 Å². The van der Waals surface area contributed by atoms with E-state index in [1.54, 1.807) is 6.07 Å². The summed E-state index contributed by atoms with van der Waals surface area (Å²) in [5.74, 6) is -0.213. The SMILES string of the molecule is Cc1ccc(Cl)c2c1NC(=O)C2=Nc1ccccc1. The minimum atomic E-state index is -0.213. The smallest absolute Gasteiger partial charge is 0.275 e. The lowest BCUT2D eigenvalue weighted by atomic mass is 10.1. The van der Waals surface area contributed by atoms with Crippen LogP contribution in [0.25, 0.3) is 0 Å². The Kier molecular flexibility index (Phi) is 2.84. The van der Waals surface area contributed by atoms with E-state index in [-0.39, 0.29) is 5.91 Å². The average Bonchev–Trinajstić information content (AvgIpc) is 2.74. The first-order valence-electron chi connectivity index (χ1n) is 5.91. The van der Waals surface area contributed by atoms with Crippen molar-refractivity contribution in [2.75, 3.05) is 5.32 Å². The van der Waals surface area contributed by atoms with Crippen LogP contribution in [0.1, 0.15) is 11.1 Å². The van der Waals surface area contributed by atoms with Gasteiger partial charge in [-0.05, 0) is 30.7 Å². The van der Waals surface area contributed by atoms with E-state index < -0.39 is 0 Å². The average molecular weight is 271 g/mol. The van der Waals surface area contributed by atoms with Gasteiger partial charge < -0.3 is 5.32 Å². The number of rotatable bonds is 1. The van der Waals surface area contributed by atoms with E-state index in [1.165, 1.54) is 0 Å². The molecule has 2 aromatic carbocycles. The number of anilines is 1. The van der Waals surface area contributed by atoms with Crippen LogP contribution in [0.5, 0.6) is 0 Å². The topological polar surface area (TPSA) is 41.5 Å². The third-order valence-electron chi connectivity index (χ3n) is 3.05. The van der Waals surface area contributed by atoms with Crippen molar-refractivity contribution in [3.05, 3.63) is 58.6 Å². The van der Waals surface area contributed by atoms with Gasteiger partial charge in [-0.3, -0.25) is 4.79 Å². The predicted molar refractivity (Wildman–Crippen MR) is 77.5 cm³/mol. The summed E-state index contributed by atoms with van der Waals surface area (Å²) < 4.78 is 0. The van der Waals surface area contributed by atoms with Crippen molar-refractivity contribution in [2.24, 2.45) is 4.99 Å². The molecule has 0 aliphatic carbocycles. The zero-order valence-corrected chi connectivity index (χ0v) is 11.0. The van der Waals surface area contributed by atoms with Crippen LogP contribution in [-0.4, -0.2) is 11.6 Å². The van der Waals surface area contributed by atoms with Crippen molar-refractivity contribution in [1.82, 2.24) is 0 Å². The highest BCUT2D eigenvalue weighted by molar-refractivity contribution is 6.57. The number of aliphatic imine (C=N–C) groups is 1. The van der Waals surface area contributed by atoms with E-state index in [1.807, 2.05) is 43.3 Å². The molecule has 1 amide bonds. The Hall–Kier alpha value is -2.13. The highest BCUT2D eigenvalue weighted by atomic mass is 35.5. The van der Waals surface area contributed by atoms with E-state index >= 15 is 0 Å². The molecule has 1 N–H and O–H groups in total. The number of hydrogen-bond donors (Lipinski definition) is 1. The van der Waals surface area contributed by atoms with E-state index in [0.29, 0.717) is 16.3 Å². The van der Waals surface area contributed by atoms with Crippen LogP contribution in [0.3, 0.4) is 0 Å². The molecule has 0 atom stereocenters. The van der Waals surface area contributed by atoms with Gasteiger partial charge in [0.25, 0.3) is 5.91 Å². The predicted octanol–water partition coefficient (Wildman–Crippen LogP) is 3.72. The van der Waals surface area contributed by atoms with E-state index in [0.717, 1.165) is 16.9 Å².